The minimum absolute atomic E-state index is 1.08. The highest BCUT2D eigenvalue weighted by Gasteiger charge is 1.79. The second kappa shape index (κ2) is 22.8. The zero-order valence-corrected chi connectivity index (χ0v) is 9.88. The molecule has 0 amide bonds. The molecule has 2 heteroatoms. The van der Waals surface area contributed by atoms with Gasteiger partial charge in [0.05, 0.1) is 0 Å². The monoisotopic (exact) mass is 200 g/mol. The van der Waals surface area contributed by atoms with Gasteiger partial charge in [-0.15, -0.1) is 12.5 Å². The van der Waals surface area contributed by atoms with Crippen LogP contribution in [0, 0.1) is 11.8 Å². The van der Waals surface area contributed by atoms with Gasteiger partial charge in [0.15, 0.2) is 0 Å². The maximum atomic E-state index is 7.93. The summed E-state index contributed by atoms with van der Waals surface area (Å²) < 4.78 is 0. The van der Waals surface area contributed by atoms with Crippen molar-refractivity contribution in [2.45, 2.75) is 53.2 Å². The molecule has 0 saturated carbocycles. The fourth-order valence-electron chi connectivity index (χ4n) is 0.129. The molecule has 0 aliphatic heterocycles. The Morgan fingerprint density at radius 1 is 1.21 bits per heavy atom. The normalized spacial score (nSPS) is 7.07. The first kappa shape index (κ1) is 18.9. The summed E-state index contributed by atoms with van der Waals surface area (Å²) in [6, 6.07) is 0. The highest BCUT2D eigenvalue weighted by atomic mass is 16.5. The minimum atomic E-state index is -1.46. The lowest BCUT2D eigenvalue weighted by Gasteiger charge is -1.82. The number of unbranched alkanes of at least 4 members (excludes halogenated alkanes) is 1. The van der Waals surface area contributed by atoms with E-state index in [9.17, 15) is 0 Å². The number of rotatable bonds is 2. The molecule has 0 aliphatic carbocycles. The van der Waals surface area contributed by atoms with E-state index in [4.69, 9.17) is 10.2 Å². The van der Waals surface area contributed by atoms with Gasteiger partial charge in [-0.2, -0.15) is 0 Å². The van der Waals surface area contributed by atoms with Crippen molar-refractivity contribution in [2.24, 2.45) is 0 Å². The van der Waals surface area contributed by atoms with Gasteiger partial charge in [-0.1, -0.05) is 39.7 Å². The Kier molecular flexibility index (Phi) is 30.7. The summed E-state index contributed by atoms with van der Waals surface area (Å²) in [6.45, 7) is 11.4. The second-order valence-electron chi connectivity index (χ2n) is 2.46. The molecule has 84 valence electrons. The first-order valence-corrected chi connectivity index (χ1v) is 4.99. The molecular weight excluding hydrogens is 176 g/mol. The first-order chi connectivity index (χ1) is 6.60. The quantitative estimate of drug-likeness (QED) is 0.409. The number of hydrogen-bond donors (Lipinski definition) is 2. The van der Waals surface area contributed by atoms with Crippen LogP contribution in [0.25, 0.3) is 0 Å². The van der Waals surface area contributed by atoms with Gasteiger partial charge >= 0.3 is 0 Å². The molecule has 2 N–H and O–H groups in total. The summed E-state index contributed by atoms with van der Waals surface area (Å²) in [5.41, 5.74) is 0. The molecule has 0 aromatic carbocycles. The predicted molar refractivity (Wildman–Crippen MR) is 62.7 cm³/mol. The fraction of sp³-hybridized carbons (Fsp3) is 0.667. The molecule has 2 nitrogen and oxygen atoms in total. The van der Waals surface area contributed by atoms with Crippen LogP contribution >= 0.6 is 0 Å². The number of allylic oxidation sites excluding steroid dienone is 1. The largest absolute Gasteiger partial charge is 0.358 e. The van der Waals surface area contributed by atoms with E-state index in [0.717, 1.165) is 6.42 Å². The first-order valence-electron chi connectivity index (χ1n) is 4.99. The zero-order chi connectivity index (χ0) is 11.8. The third-order valence-electron chi connectivity index (χ3n) is 1.06. The van der Waals surface area contributed by atoms with Gasteiger partial charge in [0.2, 0.25) is 6.29 Å². The van der Waals surface area contributed by atoms with Crippen LogP contribution in [0.3, 0.4) is 0 Å². The van der Waals surface area contributed by atoms with Crippen molar-refractivity contribution in [1.82, 2.24) is 0 Å². The van der Waals surface area contributed by atoms with Crippen molar-refractivity contribution < 1.29 is 10.2 Å². The van der Waals surface area contributed by atoms with Crippen LogP contribution in [0.4, 0.5) is 0 Å². The lowest BCUT2D eigenvalue weighted by molar-refractivity contribution is 0.0108. The van der Waals surface area contributed by atoms with Crippen molar-refractivity contribution >= 4 is 0 Å². The second-order valence-corrected chi connectivity index (χ2v) is 2.46. The molecule has 0 atom stereocenters. The molecule has 0 unspecified atom stereocenters. The minimum Gasteiger partial charge on any atom is -0.358 e. The molecule has 0 saturated heterocycles. The van der Waals surface area contributed by atoms with Crippen molar-refractivity contribution in [3.8, 4) is 11.8 Å². The lowest BCUT2D eigenvalue weighted by atomic mass is 10.4. The molecule has 14 heavy (non-hydrogen) atoms. The smallest absolute Gasteiger partial charge is 0.217 e. The molecular formula is C12H24O2. The van der Waals surface area contributed by atoms with Gasteiger partial charge in [-0.25, -0.2) is 0 Å². The predicted octanol–water partition coefficient (Wildman–Crippen LogP) is 2.71. The molecule has 0 fully saturated rings. The van der Waals surface area contributed by atoms with E-state index in [1.165, 1.54) is 12.8 Å². The van der Waals surface area contributed by atoms with Crippen LogP contribution in [0.5, 0.6) is 0 Å². The number of aliphatic hydroxyl groups excluding tert-OH is 1. The van der Waals surface area contributed by atoms with Crippen LogP contribution in [-0.4, -0.2) is 16.5 Å². The van der Waals surface area contributed by atoms with E-state index in [1.54, 1.807) is 6.92 Å². The summed E-state index contributed by atoms with van der Waals surface area (Å²) in [6.07, 6.45) is 4.13. The molecule has 0 rings (SSSR count). The molecule has 0 heterocycles. The molecule has 0 aliphatic rings. The summed E-state index contributed by atoms with van der Waals surface area (Å²) in [5, 5.41) is 15.9. The van der Waals surface area contributed by atoms with Gasteiger partial charge in [0.1, 0.15) is 0 Å². The molecule has 0 bridgehead atoms. The van der Waals surface area contributed by atoms with Crippen LogP contribution in [0.1, 0.15) is 47.0 Å². The van der Waals surface area contributed by atoms with Crippen LogP contribution in [0.2, 0.25) is 0 Å². The van der Waals surface area contributed by atoms with E-state index in [0.29, 0.717) is 0 Å². The van der Waals surface area contributed by atoms with Crippen LogP contribution in [0.15, 0.2) is 12.7 Å². The Labute approximate surface area is 88.7 Å². The van der Waals surface area contributed by atoms with Crippen LogP contribution in [-0.2, 0) is 0 Å². The van der Waals surface area contributed by atoms with Crippen molar-refractivity contribution in [3.05, 3.63) is 12.7 Å². The van der Waals surface area contributed by atoms with E-state index in [2.05, 4.69) is 39.2 Å². The summed E-state index contributed by atoms with van der Waals surface area (Å²) in [4.78, 5) is 0. The topological polar surface area (TPSA) is 40.5 Å². The maximum Gasteiger partial charge on any atom is 0.217 e. The van der Waals surface area contributed by atoms with E-state index >= 15 is 0 Å². The number of hydrogen-bond acceptors (Lipinski definition) is 2. The Bertz CT molecular complexity index is 138. The Balaban J connectivity index is -0.000000135. The van der Waals surface area contributed by atoms with Crippen molar-refractivity contribution in [1.29, 1.82) is 0 Å². The SMILES string of the molecule is C=CCC.CC#CC(O)O.CCCC. The third kappa shape index (κ3) is 65.8. The molecule has 0 spiro atoms. The summed E-state index contributed by atoms with van der Waals surface area (Å²) in [7, 11) is 0. The summed E-state index contributed by atoms with van der Waals surface area (Å²) >= 11 is 0. The molecule has 0 aromatic rings. The fourth-order valence-corrected chi connectivity index (χ4v) is 0.129. The van der Waals surface area contributed by atoms with Gasteiger partial charge in [-0.05, 0) is 19.3 Å². The van der Waals surface area contributed by atoms with Gasteiger partial charge < -0.3 is 10.2 Å². The highest BCUT2D eigenvalue weighted by molar-refractivity contribution is 4.96. The average Bonchev–Trinajstić information content (AvgIpc) is 2.18. The lowest BCUT2D eigenvalue weighted by Crippen LogP contribution is -1.97. The molecule has 0 radical (unpaired) electrons. The average molecular weight is 200 g/mol. The number of aliphatic hydroxyl groups is 2. The zero-order valence-electron chi connectivity index (χ0n) is 9.88. The van der Waals surface area contributed by atoms with Gasteiger partial charge in [0, 0.05) is 0 Å². The van der Waals surface area contributed by atoms with Crippen LogP contribution < -0.4 is 0 Å². The van der Waals surface area contributed by atoms with E-state index in [-0.39, 0.29) is 0 Å². The van der Waals surface area contributed by atoms with Gasteiger partial charge in [-0.3, -0.25) is 0 Å². The standard InChI is InChI=1S/C4H6O2.C4H10.C4H8/c1-2-3-4(5)6;2*1-3-4-2/h4-6H,1H3;3-4H2,1-2H3;3H,1,4H2,2H3. The maximum absolute atomic E-state index is 7.93. The summed E-state index contributed by atoms with van der Waals surface area (Å²) in [5.74, 6) is 4.39. The Hall–Kier alpha value is -0.780. The Morgan fingerprint density at radius 2 is 1.57 bits per heavy atom. The third-order valence-corrected chi connectivity index (χ3v) is 1.06. The molecule has 0 aromatic heterocycles. The van der Waals surface area contributed by atoms with E-state index < -0.39 is 6.29 Å². The van der Waals surface area contributed by atoms with Crippen molar-refractivity contribution in [3.63, 3.8) is 0 Å². The van der Waals surface area contributed by atoms with Crippen molar-refractivity contribution in [2.75, 3.05) is 0 Å². The van der Waals surface area contributed by atoms with Gasteiger partial charge in [0.25, 0.3) is 0 Å². The van der Waals surface area contributed by atoms with E-state index in [1.807, 2.05) is 6.08 Å². The Morgan fingerprint density at radius 3 is 1.57 bits per heavy atom. The highest BCUT2D eigenvalue weighted by Crippen LogP contribution is 1.76.